The Morgan fingerprint density at radius 1 is 1.52 bits per heavy atom. The predicted octanol–water partition coefficient (Wildman–Crippen LogP) is 1.83. The normalized spacial score (nSPS) is 11.6. The van der Waals surface area contributed by atoms with Crippen molar-refractivity contribution in [1.29, 1.82) is 0 Å². The fraction of sp³-hybridized carbons (Fsp3) is 0.417. The molecular weight excluding hydrogens is 291 g/mol. The fourth-order valence-electron chi connectivity index (χ4n) is 1.30. The van der Waals surface area contributed by atoms with Gasteiger partial charge >= 0.3 is 6.18 Å². The molecule has 6 nitrogen and oxygen atoms in total. The van der Waals surface area contributed by atoms with E-state index in [2.05, 4.69) is 20.3 Å². The topological polar surface area (TPSA) is 72.8 Å². The number of carbonyl (C=O) groups excluding carboxylic acids is 1. The van der Waals surface area contributed by atoms with Crippen LogP contribution in [0.3, 0.4) is 0 Å². The van der Waals surface area contributed by atoms with Crippen molar-refractivity contribution >= 4 is 12.1 Å². The number of rotatable bonds is 7. The highest BCUT2D eigenvalue weighted by atomic mass is 19.4. The second kappa shape index (κ2) is 8.20. The zero-order valence-electron chi connectivity index (χ0n) is 11.2. The number of halogens is 3. The zero-order chi connectivity index (χ0) is 15.7. The van der Waals surface area contributed by atoms with Gasteiger partial charge in [0.25, 0.3) is 5.91 Å². The fourth-order valence-corrected chi connectivity index (χ4v) is 1.30. The van der Waals surface area contributed by atoms with Gasteiger partial charge in [-0.1, -0.05) is 5.16 Å². The van der Waals surface area contributed by atoms with Crippen LogP contribution in [0.5, 0.6) is 0 Å². The lowest BCUT2D eigenvalue weighted by atomic mass is 10.1. The third-order valence-corrected chi connectivity index (χ3v) is 2.21. The highest BCUT2D eigenvalue weighted by molar-refractivity contribution is 5.96. The molecule has 0 aliphatic carbocycles. The quantitative estimate of drug-likeness (QED) is 0.361. The number of alkyl halides is 3. The molecule has 1 N–H and O–H groups in total. The van der Waals surface area contributed by atoms with E-state index in [4.69, 9.17) is 4.74 Å². The molecule has 0 aliphatic heterocycles. The van der Waals surface area contributed by atoms with E-state index in [1.54, 1.807) is 6.92 Å². The highest BCUT2D eigenvalue weighted by Gasteiger charge is 2.35. The summed E-state index contributed by atoms with van der Waals surface area (Å²) in [6.07, 6.45) is -1.59. The van der Waals surface area contributed by atoms with E-state index in [0.717, 1.165) is 18.5 Å². The minimum atomic E-state index is -4.62. The molecule has 0 saturated carbocycles. The zero-order valence-corrected chi connectivity index (χ0v) is 11.2. The molecule has 1 heterocycles. The van der Waals surface area contributed by atoms with Crippen LogP contribution in [0.25, 0.3) is 0 Å². The second-order valence-corrected chi connectivity index (χ2v) is 3.66. The van der Waals surface area contributed by atoms with E-state index in [0.29, 0.717) is 6.61 Å². The maximum Gasteiger partial charge on any atom is 0.417 e. The number of carbonyl (C=O) groups is 1. The van der Waals surface area contributed by atoms with E-state index < -0.39 is 23.2 Å². The summed E-state index contributed by atoms with van der Waals surface area (Å²) in [6, 6.07) is 0.744. The summed E-state index contributed by atoms with van der Waals surface area (Å²) in [5.41, 5.74) is -1.59. The maximum atomic E-state index is 12.7. The standard InChI is InChI=1S/C12H14F3N3O3/c1-2-20-8-21-18-6-5-17-11(19)9-7-16-4-3-10(9)12(13,14)15/h3-4,6-7H,2,5,8H2,1H3,(H,17,19). The van der Waals surface area contributed by atoms with Crippen LogP contribution in [0.4, 0.5) is 13.2 Å². The Labute approximate surface area is 118 Å². The SMILES string of the molecule is CCOCON=CCNC(=O)c1cnccc1C(F)(F)F. The van der Waals surface area contributed by atoms with Crippen molar-refractivity contribution in [2.75, 3.05) is 19.9 Å². The molecular formula is C12H14F3N3O3. The third kappa shape index (κ3) is 5.78. The van der Waals surface area contributed by atoms with Crippen molar-refractivity contribution in [3.63, 3.8) is 0 Å². The Morgan fingerprint density at radius 2 is 2.29 bits per heavy atom. The predicted molar refractivity (Wildman–Crippen MR) is 67.6 cm³/mol. The van der Waals surface area contributed by atoms with Crippen LogP contribution in [-0.4, -0.2) is 37.1 Å². The lowest BCUT2D eigenvalue weighted by Crippen LogP contribution is -2.28. The smallest absolute Gasteiger partial charge is 0.367 e. The van der Waals surface area contributed by atoms with Gasteiger partial charge in [0, 0.05) is 19.0 Å². The number of aromatic nitrogens is 1. The molecule has 0 radical (unpaired) electrons. The third-order valence-electron chi connectivity index (χ3n) is 2.21. The first-order valence-corrected chi connectivity index (χ1v) is 5.97. The lowest BCUT2D eigenvalue weighted by Gasteiger charge is -2.11. The molecule has 9 heteroatoms. The molecule has 21 heavy (non-hydrogen) atoms. The summed E-state index contributed by atoms with van der Waals surface area (Å²) in [5.74, 6) is -0.897. The molecule has 1 aromatic rings. The van der Waals surface area contributed by atoms with Gasteiger partial charge in [0.05, 0.1) is 23.9 Å². The lowest BCUT2D eigenvalue weighted by molar-refractivity contribution is -0.138. The van der Waals surface area contributed by atoms with Crippen molar-refractivity contribution < 1.29 is 27.5 Å². The number of ether oxygens (including phenoxy) is 1. The molecule has 0 spiro atoms. The number of amides is 1. The highest BCUT2D eigenvalue weighted by Crippen LogP contribution is 2.31. The molecule has 1 rings (SSSR count). The first-order chi connectivity index (χ1) is 9.96. The van der Waals surface area contributed by atoms with Crippen molar-refractivity contribution in [3.8, 4) is 0 Å². The molecule has 0 fully saturated rings. The molecule has 0 atom stereocenters. The van der Waals surface area contributed by atoms with Crippen LogP contribution >= 0.6 is 0 Å². The van der Waals surface area contributed by atoms with Gasteiger partial charge in [-0.05, 0) is 13.0 Å². The summed E-state index contributed by atoms with van der Waals surface area (Å²) in [5, 5.41) is 5.70. The molecule has 1 aromatic heterocycles. The van der Waals surface area contributed by atoms with E-state index in [1.807, 2.05) is 0 Å². The van der Waals surface area contributed by atoms with E-state index in [9.17, 15) is 18.0 Å². The number of oxime groups is 1. The minimum Gasteiger partial charge on any atom is -0.367 e. The first-order valence-electron chi connectivity index (χ1n) is 5.97. The van der Waals surface area contributed by atoms with Crippen LogP contribution in [0.2, 0.25) is 0 Å². The van der Waals surface area contributed by atoms with Gasteiger partial charge < -0.3 is 14.9 Å². The van der Waals surface area contributed by atoms with Gasteiger partial charge in [0.15, 0.2) is 0 Å². The average molecular weight is 305 g/mol. The first kappa shape index (κ1) is 16.9. The average Bonchev–Trinajstić information content (AvgIpc) is 2.45. The number of nitrogens with zero attached hydrogens (tertiary/aromatic N) is 2. The van der Waals surface area contributed by atoms with Crippen molar-refractivity contribution in [1.82, 2.24) is 10.3 Å². The number of hydrogen-bond acceptors (Lipinski definition) is 5. The van der Waals surface area contributed by atoms with E-state index in [-0.39, 0.29) is 13.3 Å². The second-order valence-electron chi connectivity index (χ2n) is 3.66. The number of pyridine rings is 1. The van der Waals surface area contributed by atoms with Gasteiger partial charge in [0.2, 0.25) is 6.79 Å². The minimum absolute atomic E-state index is 0.0399. The van der Waals surface area contributed by atoms with Crippen molar-refractivity contribution in [3.05, 3.63) is 29.6 Å². The van der Waals surface area contributed by atoms with Crippen LogP contribution in [0, 0.1) is 0 Å². The Kier molecular flexibility index (Phi) is 6.60. The molecule has 0 bridgehead atoms. The Balaban J connectivity index is 2.53. The van der Waals surface area contributed by atoms with Crippen LogP contribution in [0.1, 0.15) is 22.8 Å². The van der Waals surface area contributed by atoms with Crippen LogP contribution in [-0.2, 0) is 15.8 Å². The molecule has 0 aromatic carbocycles. The molecule has 1 amide bonds. The monoisotopic (exact) mass is 305 g/mol. The summed E-state index contributed by atoms with van der Waals surface area (Å²) in [7, 11) is 0. The largest absolute Gasteiger partial charge is 0.417 e. The van der Waals surface area contributed by atoms with Gasteiger partial charge in [0.1, 0.15) is 0 Å². The van der Waals surface area contributed by atoms with Gasteiger partial charge in [-0.15, -0.1) is 0 Å². The van der Waals surface area contributed by atoms with E-state index in [1.165, 1.54) is 6.21 Å². The van der Waals surface area contributed by atoms with Crippen LogP contribution < -0.4 is 5.32 Å². The maximum absolute atomic E-state index is 12.7. The van der Waals surface area contributed by atoms with E-state index >= 15 is 0 Å². The van der Waals surface area contributed by atoms with Crippen molar-refractivity contribution in [2.45, 2.75) is 13.1 Å². The summed E-state index contributed by atoms with van der Waals surface area (Å²) >= 11 is 0. The summed E-state index contributed by atoms with van der Waals surface area (Å²) in [4.78, 5) is 19.8. The summed E-state index contributed by atoms with van der Waals surface area (Å²) < 4.78 is 42.9. The Bertz CT molecular complexity index is 492. The van der Waals surface area contributed by atoms with Crippen molar-refractivity contribution in [2.24, 2.45) is 5.16 Å². The Morgan fingerprint density at radius 3 is 2.95 bits per heavy atom. The van der Waals surface area contributed by atoms with Gasteiger partial charge in [-0.2, -0.15) is 13.2 Å². The molecule has 0 saturated heterocycles. The molecule has 0 unspecified atom stereocenters. The molecule has 116 valence electrons. The number of nitrogens with one attached hydrogen (secondary N) is 1. The van der Waals surface area contributed by atoms with Crippen LogP contribution in [0.15, 0.2) is 23.6 Å². The number of hydrogen-bond donors (Lipinski definition) is 1. The Hall–Kier alpha value is -2.16. The van der Waals surface area contributed by atoms with Gasteiger partial charge in [-0.3, -0.25) is 9.78 Å². The molecule has 0 aliphatic rings. The summed E-state index contributed by atoms with van der Waals surface area (Å²) in [6.45, 7) is 2.12. The van der Waals surface area contributed by atoms with Gasteiger partial charge in [-0.25, -0.2) is 0 Å².